The second kappa shape index (κ2) is 5.74. The van der Waals surface area contributed by atoms with Gasteiger partial charge in [-0.2, -0.15) is 0 Å². The predicted octanol–water partition coefficient (Wildman–Crippen LogP) is 3.12. The zero-order chi connectivity index (χ0) is 12.3. The Morgan fingerprint density at radius 2 is 2.06 bits per heavy atom. The maximum atomic E-state index is 6.47. The molecule has 94 valence electrons. The van der Waals surface area contributed by atoms with Gasteiger partial charge in [0, 0.05) is 0 Å². The summed E-state index contributed by atoms with van der Waals surface area (Å²) in [7, 11) is 1.68. The topological polar surface area (TPSA) is 35.2 Å². The van der Waals surface area contributed by atoms with Crippen LogP contribution in [-0.4, -0.2) is 13.7 Å². The molecule has 2 nitrogen and oxygen atoms in total. The van der Waals surface area contributed by atoms with Crippen molar-refractivity contribution in [1.29, 1.82) is 0 Å². The molecule has 1 aliphatic rings. The van der Waals surface area contributed by atoms with Gasteiger partial charge in [0.1, 0.15) is 5.75 Å². The maximum Gasteiger partial charge on any atom is 0.140 e. The average molecular weight is 254 g/mol. The van der Waals surface area contributed by atoms with Crippen LogP contribution in [0.5, 0.6) is 5.75 Å². The number of fused-ring (bicyclic) bond motifs is 1. The summed E-state index contributed by atoms with van der Waals surface area (Å²) in [6, 6.07) is 2.25. The first-order valence-electron chi connectivity index (χ1n) is 6.35. The van der Waals surface area contributed by atoms with Crippen LogP contribution >= 0.6 is 11.6 Å². The van der Waals surface area contributed by atoms with E-state index in [1.165, 1.54) is 30.4 Å². The van der Waals surface area contributed by atoms with Gasteiger partial charge in [-0.3, -0.25) is 0 Å². The van der Waals surface area contributed by atoms with Crippen LogP contribution in [0.2, 0.25) is 5.02 Å². The van der Waals surface area contributed by atoms with Crippen molar-refractivity contribution in [3.05, 3.63) is 27.8 Å². The van der Waals surface area contributed by atoms with Crippen molar-refractivity contribution in [1.82, 2.24) is 0 Å². The second-order valence-corrected chi connectivity index (χ2v) is 5.00. The monoisotopic (exact) mass is 253 g/mol. The standard InChI is InChI=1S/C14H20ClNO/c1-17-14-11(7-8-16)9-10-5-3-2-4-6-12(10)13(14)15/h9H,2-8,16H2,1H3. The first kappa shape index (κ1) is 12.7. The third-order valence-electron chi connectivity index (χ3n) is 3.48. The van der Waals surface area contributed by atoms with Crippen LogP contribution in [0, 0.1) is 0 Å². The summed E-state index contributed by atoms with van der Waals surface area (Å²) < 4.78 is 5.45. The third-order valence-corrected chi connectivity index (χ3v) is 3.88. The molecule has 2 N–H and O–H groups in total. The molecule has 0 spiro atoms. The predicted molar refractivity (Wildman–Crippen MR) is 72.0 cm³/mol. The van der Waals surface area contributed by atoms with E-state index in [0.717, 1.165) is 35.6 Å². The van der Waals surface area contributed by atoms with E-state index in [1.54, 1.807) is 7.11 Å². The zero-order valence-electron chi connectivity index (χ0n) is 10.4. The van der Waals surface area contributed by atoms with Gasteiger partial charge in [-0.25, -0.2) is 0 Å². The van der Waals surface area contributed by atoms with Crippen molar-refractivity contribution < 1.29 is 4.74 Å². The van der Waals surface area contributed by atoms with Crippen LogP contribution in [0.15, 0.2) is 6.07 Å². The van der Waals surface area contributed by atoms with Crippen molar-refractivity contribution in [3.8, 4) is 5.75 Å². The van der Waals surface area contributed by atoms with Gasteiger partial charge in [0.25, 0.3) is 0 Å². The zero-order valence-corrected chi connectivity index (χ0v) is 11.1. The fourth-order valence-electron chi connectivity index (χ4n) is 2.63. The highest BCUT2D eigenvalue weighted by Crippen LogP contribution is 2.37. The van der Waals surface area contributed by atoms with Crippen LogP contribution in [-0.2, 0) is 19.3 Å². The second-order valence-electron chi connectivity index (χ2n) is 4.62. The average Bonchev–Trinajstić information content (AvgIpc) is 2.55. The summed E-state index contributed by atoms with van der Waals surface area (Å²) in [6.45, 7) is 0.630. The lowest BCUT2D eigenvalue weighted by molar-refractivity contribution is 0.409. The molecule has 0 atom stereocenters. The van der Waals surface area contributed by atoms with Gasteiger partial charge in [0.05, 0.1) is 12.1 Å². The molecule has 0 heterocycles. The highest BCUT2D eigenvalue weighted by Gasteiger charge is 2.18. The number of methoxy groups -OCH3 is 1. The molecule has 1 aromatic rings. The smallest absolute Gasteiger partial charge is 0.140 e. The molecule has 2 rings (SSSR count). The van der Waals surface area contributed by atoms with Gasteiger partial charge in [-0.1, -0.05) is 24.1 Å². The summed E-state index contributed by atoms with van der Waals surface area (Å²) in [5, 5.41) is 0.815. The Balaban J connectivity index is 2.49. The molecule has 0 aromatic heterocycles. The molecule has 0 fully saturated rings. The largest absolute Gasteiger partial charge is 0.495 e. The molecular weight excluding hydrogens is 234 g/mol. The van der Waals surface area contributed by atoms with Gasteiger partial charge in [0.15, 0.2) is 0 Å². The van der Waals surface area contributed by atoms with Crippen LogP contribution in [0.25, 0.3) is 0 Å². The fourth-order valence-corrected chi connectivity index (χ4v) is 3.05. The number of hydrogen-bond acceptors (Lipinski definition) is 2. The molecular formula is C14H20ClNO. The number of rotatable bonds is 3. The molecule has 0 radical (unpaired) electrons. The number of halogens is 1. The molecule has 0 bridgehead atoms. The van der Waals surface area contributed by atoms with E-state index >= 15 is 0 Å². The third kappa shape index (κ3) is 2.58. The van der Waals surface area contributed by atoms with Gasteiger partial charge in [0.2, 0.25) is 0 Å². The molecule has 17 heavy (non-hydrogen) atoms. The Kier molecular flexibility index (Phi) is 4.30. The molecule has 0 unspecified atom stereocenters. The molecule has 1 aliphatic carbocycles. The van der Waals surface area contributed by atoms with Gasteiger partial charge >= 0.3 is 0 Å². The maximum absolute atomic E-state index is 6.47. The van der Waals surface area contributed by atoms with Crippen LogP contribution < -0.4 is 10.5 Å². The lowest BCUT2D eigenvalue weighted by atomic mass is 9.97. The summed E-state index contributed by atoms with van der Waals surface area (Å²) in [4.78, 5) is 0. The Morgan fingerprint density at radius 3 is 2.76 bits per heavy atom. The van der Waals surface area contributed by atoms with E-state index in [1.807, 2.05) is 0 Å². The van der Waals surface area contributed by atoms with Crippen molar-refractivity contribution in [2.45, 2.75) is 38.5 Å². The van der Waals surface area contributed by atoms with E-state index in [-0.39, 0.29) is 0 Å². The Bertz CT molecular complexity index is 403. The van der Waals surface area contributed by atoms with Crippen molar-refractivity contribution >= 4 is 11.6 Å². The van der Waals surface area contributed by atoms with Gasteiger partial charge in [-0.05, 0) is 55.3 Å². The molecule has 0 saturated carbocycles. The van der Waals surface area contributed by atoms with Gasteiger partial charge < -0.3 is 10.5 Å². The molecule has 3 heteroatoms. The van der Waals surface area contributed by atoms with Crippen molar-refractivity contribution in [3.63, 3.8) is 0 Å². The number of benzene rings is 1. The van der Waals surface area contributed by atoms with E-state index in [2.05, 4.69) is 6.07 Å². The summed E-state index contributed by atoms with van der Waals surface area (Å²) >= 11 is 6.47. The number of aryl methyl sites for hydroxylation is 1. The van der Waals surface area contributed by atoms with E-state index < -0.39 is 0 Å². The van der Waals surface area contributed by atoms with E-state index in [0.29, 0.717) is 6.54 Å². The molecule has 0 amide bonds. The van der Waals surface area contributed by atoms with Crippen LogP contribution in [0.4, 0.5) is 0 Å². The Labute approximate surface area is 108 Å². The summed E-state index contributed by atoms with van der Waals surface area (Å²) in [5.41, 5.74) is 9.49. The minimum Gasteiger partial charge on any atom is -0.495 e. The highest BCUT2D eigenvalue weighted by molar-refractivity contribution is 6.33. The fraction of sp³-hybridized carbons (Fsp3) is 0.571. The quantitative estimate of drug-likeness (QED) is 0.840. The number of nitrogens with two attached hydrogens (primary N) is 1. The first-order chi connectivity index (χ1) is 8.27. The van der Waals surface area contributed by atoms with Crippen LogP contribution in [0.3, 0.4) is 0 Å². The normalized spacial score (nSPS) is 15.2. The Morgan fingerprint density at radius 1 is 1.29 bits per heavy atom. The molecule has 0 aliphatic heterocycles. The SMILES string of the molecule is COc1c(CCN)cc2c(c1Cl)CCCCC2. The van der Waals surface area contributed by atoms with Crippen molar-refractivity contribution in [2.24, 2.45) is 5.73 Å². The number of ether oxygens (including phenoxy) is 1. The highest BCUT2D eigenvalue weighted by atomic mass is 35.5. The molecule has 0 saturated heterocycles. The minimum atomic E-state index is 0.630. The Hall–Kier alpha value is -0.730. The molecule has 1 aromatic carbocycles. The van der Waals surface area contributed by atoms with E-state index in [9.17, 15) is 0 Å². The number of hydrogen-bond donors (Lipinski definition) is 1. The minimum absolute atomic E-state index is 0.630. The van der Waals surface area contributed by atoms with Crippen LogP contribution in [0.1, 0.15) is 36.0 Å². The van der Waals surface area contributed by atoms with Gasteiger partial charge in [-0.15, -0.1) is 0 Å². The summed E-state index contributed by atoms with van der Waals surface area (Å²) in [5.74, 6) is 0.831. The van der Waals surface area contributed by atoms with Crippen molar-refractivity contribution in [2.75, 3.05) is 13.7 Å². The first-order valence-corrected chi connectivity index (χ1v) is 6.73. The summed E-state index contributed by atoms with van der Waals surface area (Å²) in [6.07, 6.45) is 6.82. The lowest BCUT2D eigenvalue weighted by Gasteiger charge is -2.16. The van der Waals surface area contributed by atoms with E-state index in [4.69, 9.17) is 22.1 Å². The lowest BCUT2D eigenvalue weighted by Crippen LogP contribution is -2.07.